The minimum atomic E-state index is -4.02. The van der Waals surface area contributed by atoms with Crippen molar-refractivity contribution in [3.05, 3.63) is 35.1 Å². The largest absolute Gasteiger partial charge is 0.399 e. The number of benzene rings is 1. The summed E-state index contributed by atoms with van der Waals surface area (Å²) in [5.74, 6) is -0.850. The molecule has 7 heteroatoms. The second-order valence-corrected chi connectivity index (χ2v) is 8.00. The van der Waals surface area contributed by atoms with Crippen molar-refractivity contribution in [3.63, 3.8) is 0 Å². The van der Waals surface area contributed by atoms with Gasteiger partial charge in [-0.2, -0.15) is 4.31 Å². The third-order valence-electron chi connectivity index (χ3n) is 2.63. The van der Waals surface area contributed by atoms with E-state index in [0.717, 1.165) is 6.07 Å². The lowest BCUT2D eigenvalue weighted by Crippen LogP contribution is -2.45. The Balaban J connectivity index is 3.53. The molecule has 0 fully saturated rings. The fourth-order valence-corrected chi connectivity index (χ4v) is 4.23. The van der Waals surface area contributed by atoms with Gasteiger partial charge in [-0.3, -0.25) is 0 Å². The van der Waals surface area contributed by atoms with Gasteiger partial charge in [0.15, 0.2) is 5.82 Å². The third kappa shape index (κ3) is 3.39. The Hall–Kier alpha value is -0.920. The van der Waals surface area contributed by atoms with Crippen LogP contribution in [0.25, 0.3) is 0 Å². The average Bonchev–Trinajstić information content (AvgIpc) is 2.28. The average molecular weight is 365 g/mol. The molecule has 4 nitrogen and oxygen atoms in total. The molecular weight excluding hydrogens is 347 g/mol. The van der Waals surface area contributed by atoms with E-state index in [1.54, 1.807) is 20.8 Å². The number of hydrogen-bond donors (Lipinski definition) is 1. The highest BCUT2D eigenvalue weighted by Gasteiger charge is 2.35. The molecule has 0 aliphatic heterocycles. The number of sulfonamides is 1. The molecule has 0 spiro atoms. The van der Waals surface area contributed by atoms with Gasteiger partial charge in [0.2, 0.25) is 10.0 Å². The fourth-order valence-electron chi connectivity index (χ4n) is 1.74. The highest BCUT2D eigenvalue weighted by molar-refractivity contribution is 9.10. The van der Waals surface area contributed by atoms with Crippen LogP contribution < -0.4 is 5.73 Å². The maximum atomic E-state index is 14.1. The van der Waals surface area contributed by atoms with Crippen molar-refractivity contribution in [2.75, 3.05) is 12.3 Å². The lowest BCUT2D eigenvalue weighted by atomic mass is 10.1. The van der Waals surface area contributed by atoms with Gasteiger partial charge >= 0.3 is 0 Å². The molecule has 1 aromatic carbocycles. The van der Waals surface area contributed by atoms with Gasteiger partial charge in [-0.15, -0.1) is 6.58 Å². The Morgan fingerprint density at radius 3 is 2.45 bits per heavy atom. The molecule has 0 saturated carbocycles. The second-order valence-electron chi connectivity index (χ2n) is 5.31. The summed E-state index contributed by atoms with van der Waals surface area (Å²) in [5, 5.41) is 0. The van der Waals surface area contributed by atoms with Crippen molar-refractivity contribution in [1.29, 1.82) is 0 Å². The highest BCUT2D eigenvalue weighted by atomic mass is 79.9. The van der Waals surface area contributed by atoms with Gasteiger partial charge in [0.05, 0.1) is 4.47 Å². The van der Waals surface area contributed by atoms with Crippen LogP contribution in [0, 0.1) is 5.82 Å². The number of nitrogens with two attached hydrogens (primary N) is 1. The summed E-state index contributed by atoms with van der Waals surface area (Å²) >= 11 is 2.97. The van der Waals surface area contributed by atoms with Crippen LogP contribution >= 0.6 is 15.9 Å². The SMILES string of the molecule is C=CCN(C(C)(C)C)S(=O)(=O)c1cc(N)cc(Br)c1F. The van der Waals surface area contributed by atoms with Crippen molar-refractivity contribution < 1.29 is 12.8 Å². The second kappa shape index (κ2) is 5.83. The molecule has 20 heavy (non-hydrogen) atoms. The van der Waals surface area contributed by atoms with Gasteiger partial charge in [-0.05, 0) is 48.8 Å². The van der Waals surface area contributed by atoms with Crippen LogP contribution in [0.1, 0.15) is 20.8 Å². The summed E-state index contributed by atoms with van der Waals surface area (Å²) in [6.07, 6.45) is 1.46. The maximum absolute atomic E-state index is 14.1. The first-order valence-corrected chi connectivity index (χ1v) is 8.13. The number of nitrogen functional groups attached to an aromatic ring is 1. The van der Waals surface area contributed by atoms with Crippen molar-refractivity contribution in [2.45, 2.75) is 31.2 Å². The predicted molar refractivity (Wildman–Crippen MR) is 82.4 cm³/mol. The molecule has 0 bridgehead atoms. The zero-order valence-electron chi connectivity index (χ0n) is 11.7. The molecule has 2 N–H and O–H groups in total. The summed E-state index contributed by atoms with van der Waals surface area (Å²) in [6.45, 7) is 8.81. The van der Waals surface area contributed by atoms with E-state index in [1.165, 1.54) is 16.4 Å². The summed E-state index contributed by atoms with van der Waals surface area (Å²) in [4.78, 5) is -0.443. The first-order valence-electron chi connectivity index (χ1n) is 5.90. The molecule has 0 radical (unpaired) electrons. The molecule has 0 aliphatic rings. The fraction of sp³-hybridized carbons (Fsp3) is 0.385. The molecule has 0 amide bonds. The highest BCUT2D eigenvalue weighted by Crippen LogP contribution is 2.31. The van der Waals surface area contributed by atoms with Crippen LogP contribution in [0.15, 0.2) is 34.2 Å². The Kier molecular flexibility index (Phi) is 4.99. The molecule has 0 aliphatic carbocycles. The number of hydrogen-bond acceptors (Lipinski definition) is 3. The first kappa shape index (κ1) is 17.1. The Labute approximate surface area is 127 Å². The van der Waals surface area contributed by atoms with Gasteiger partial charge in [-0.1, -0.05) is 6.08 Å². The van der Waals surface area contributed by atoms with E-state index >= 15 is 0 Å². The minimum absolute atomic E-state index is 0.0172. The number of rotatable bonds is 4. The Bertz CT molecular complexity index is 624. The van der Waals surface area contributed by atoms with E-state index < -0.39 is 26.3 Å². The quantitative estimate of drug-likeness (QED) is 0.659. The molecule has 0 aromatic heterocycles. The van der Waals surface area contributed by atoms with E-state index in [-0.39, 0.29) is 16.7 Å². The van der Waals surface area contributed by atoms with E-state index in [1.807, 2.05) is 0 Å². The topological polar surface area (TPSA) is 63.4 Å². The molecule has 112 valence electrons. The number of halogens is 2. The predicted octanol–water partition coefficient (Wildman–Crippen LogP) is 3.15. The van der Waals surface area contributed by atoms with E-state index in [4.69, 9.17) is 5.73 Å². The normalized spacial score (nSPS) is 12.7. The van der Waals surface area contributed by atoms with E-state index in [2.05, 4.69) is 22.5 Å². The zero-order valence-corrected chi connectivity index (χ0v) is 14.1. The van der Waals surface area contributed by atoms with Crippen molar-refractivity contribution in [2.24, 2.45) is 0 Å². The van der Waals surface area contributed by atoms with E-state index in [0.29, 0.717) is 0 Å². The lowest BCUT2D eigenvalue weighted by molar-refractivity contribution is 0.269. The van der Waals surface area contributed by atoms with Crippen molar-refractivity contribution in [3.8, 4) is 0 Å². The lowest BCUT2D eigenvalue weighted by Gasteiger charge is -2.33. The molecule has 0 heterocycles. The van der Waals surface area contributed by atoms with Gasteiger partial charge < -0.3 is 5.73 Å². The molecule has 1 aromatic rings. The molecule has 0 saturated heterocycles. The molecule has 0 unspecified atom stereocenters. The smallest absolute Gasteiger partial charge is 0.246 e. The molecule has 0 atom stereocenters. The third-order valence-corrected chi connectivity index (χ3v) is 5.34. The van der Waals surface area contributed by atoms with Gasteiger partial charge in [-0.25, -0.2) is 12.8 Å². The van der Waals surface area contributed by atoms with Crippen molar-refractivity contribution >= 4 is 31.6 Å². The van der Waals surface area contributed by atoms with E-state index in [9.17, 15) is 12.8 Å². The maximum Gasteiger partial charge on any atom is 0.246 e. The van der Waals surface area contributed by atoms with Crippen LogP contribution in [0.5, 0.6) is 0 Å². The monoisotopic (exact) mass is 364 g/mol. The van der Waals surface area contributed by atoms with Gasteiger partial charge in [0, 0.05) is 17.8 Å². The molecule has 1 rings (SSSR count). The van der Waals surface area contributed by atoms with Crippen LogP contribution in [-0.4, -0.2) is 24.8 Å². The van der Waals surface area contributed by atoms with Crippen LogP contribution in [0.2, 0.25) is 0 Å². The Morgan fingerprint density at radius 2 is 2.00 bits per heavy atom. The van der Waals surface area contributed by atoms with Crippen LogP contribution in [0.4, 0.5) is 10.1 Å². The first-order chi connectivity index (χ1) is 9.01. The zero-order chi connectivity index (χ0) is 15.7. The van der Waals surface area contributed by atoms with Gasteiger partial charge in [0.1, 0.15) is 4.90 Å². The minimum Gasteiger partial charge on any atom is -0.399 e. The standard InChI is InChI=1S/C13H18BrFN2O2S/c1-5-6-17(13(2,3)4)20(18,19)11-8-9(16)7-10(14)12(11)15/h5,7-8H,1,6,16H2,2-4H3. The number of anilines is 1. The Morgan fingerprint density at radius 1 is 1.45 bits per heavy atom. The molecular formula is C13H18BrFN2O2S. The van der Waals surface area contributed by atoms with Crippen molar-refractivity contribution in [1.82, 2.24) is 4.31 Å². The summed E-state index contributed by atoms with van der Waals surface area (Å²) in [5.41, 5.74) is 5.07. The summed E-state index contributed by atoms with van der Waals surface area (Å²) in [6, 6.07) is 2.44. The van der Waals surface area contributed by atoms with Gasteiger partial charge in [0.25, 0.3) is 0 Å². The summed E-state index contributed by atoms with van der Waals surface area (Å²) in [7, 11) is -4.02. The van der Waals surface area contributed by atoms with Crippen LogP contribution in [-0.2, 0) is 10.0 Å². The summed E-state index contributed by atoms with van der Waals surface area (Å²) < 4.78 is 40.6. The number of nitrogens with zero attached hydrogens (tertiary/aromatic N) is 1. The van der Waals surface area contributed by atoms with Crippen LogP contribution in [0.3, 0.4) is 0 Å².